The molecule has 1 heterocycles. The maximum Gasteiger partial charge on any atom is 0.417 e. The van der Waals surface area contributed by atoms with E-state index in [0.717, 1.165) is 16.9 Å². The van der Waals surface area contributed by atoms with Crippen molar-refractivity contribution in [2.24, 2.45) is 0 Å². The van der Waals surface area contributed by atoms with E-state index in [0.29, 0.717) is 13.0 Å². The number of nitrogens with zero attached hydrogens (tertiary/aromatic N) is 1. The largest absolute Gasteiger partial charge is 0.489 e. The number of rotatable bonds is 5. The third-order valence-corrected chi connectivity index (χ3v) is 4.40. The molecule has 0 spiro atoms. The molecule has 1 aliphatic heterocycles. The molecule has 6 nitrogen and oxygen atoms in total. The summed E-state index contributed by atoms with van der Waals surface area (Å²) in [7, 11) is 0. The molecule has 0 saturated carbocycles. The molecule has 3 rings (SSSR count). The van der Waals surface area contributed by atoms with Crippen LogP contribution in [0.2, 0.25) is 0 Å². The van der Waals surface area contributed by atoms with Crippen molar-refractivity contribution >= 4 is 12.0 Å². The van der Waals surface area contributed by atoms with E-state index in [9.17, 15) is 9.59 Å². The molecule has 1 fully saturated rings. The van der Waals surface area contributed by atoms with Gasteiger partial charge in [0.05, 0.1) is 12.6 Å². The van der Waals surface area contributed by atoms with Gasteiger partial charge in [-0.15, -0.1) is 0 Å². The second kappa shape index (κ2) is 9.09. The van der Waals surface area contributed by atoms with Crippen molar-refractivity contribution in [3.8, 4) is 5.75 Å². The minimum atomic E-state index is -0.669. The van der Waals surface area contributed by atoms with Crippen LogP contribution in [0.1, 0.15) is 31.9 Å². The van der Waals surface area contributed by atoms with E-state index in [1.807, 2.05) is 54.6 Å². The van der Waals surface area contributed by atoms with Crippen LogP contribution in [0.25, 0.3) is 0 Å². The van der Waals surface area contributed by atoms with Crippen LogP contribution in [0.15, 0.2) is 54.6 Å². The van der Waals surface area contributed by atoms with E-state index in [1.165, 1.54) is 4.90 Å². The molecule has 2 amide bonds. The summed E-state index contributed by atoms with van der Waals surface area (Å²) in [5.74, 6) is 0.385. The highest BCUT2D eigenvalue weighted by Gasteiger charge is 2.36. The minimum Gasteiger partial charge on any atom is -0.489 e. The topological polar surface area (TPSA) is 65.1 Å². The number of hydrogen-bond acceptors (Lipinski definition) is 5. The Morgan fingerprint density at radius 3 is 2.41 bits per heavy atom. The first-order chi connectivity index (χ1) is 13.8. The molecule has 2 aromatic carbocycles. The lowest BCUT2D eigenvalue weighted by Gasteiger charge is -2.35. The molecule has 0 bridgehead atoms. The molecule has 0 aliphatic carbocycles. The van der Waals surface area contributed by atoms with Gasteiger partial charge < -0.3 is 14.2 Å². The number of hydrogen-bond donors (Lipinski definition) is 0. The number of morpholine rings is 1. The highest BCUT2D eigenvalue weighted by molar-refractivity contribution is 5.93. The van der Waals surface area contributed by atoms with Gasteiger partial charge in [-0.25, -0.2) is 9.69 Å². The van der Waals surface area contributed by atoms with E-state index in [-0.39, 0.29) is 19.1 Å². The van der Waals surface area contributed by atoms with Crippen LogP contribution < -0.4 is 4.74 Å². The summed E-state index contributed by atoms with van der Waals surface area (Å²) in [6.07, 6.45) is -0.136. The zero-order valence-electron chi connectivity index (χ0n) is 17.1. The Hall–Kier alpha value is -2.86. The van der Waals surface area contributed by atoms with Crippen molar-refractivity contribution in [2.45, 2.75) is 45.4 Å². The summed E-state index contributed by atoms with van der Waals surface area (Å²) in [6.45, 7) is 6.01. The first kappa shape index (κ1) is 20.9. The molecule has 0 N–H and O–H groups in total. The maximum atomic E-state index is 12.5. The van der Waals surface area contributed by atoms with E-state index >= 15 is 0 Å². The van der Waals surface area contributed by atoms with Crippen LogP contribution in [-0.2, 0) is 27.3 Å². The first-order valence-electron chi connectivity index (χ1n) is 9.70. The number of ether oxygens (including phenoxy) is 3. The minimum absolute atomic E-state index is 0.109. The summed E-state index contributed by atoms with van der Waals surface area (Å²) in [5.41, 5.74) is 1.41. The second-order valence-electron chi connectivity index (χ2n) is 8.04. The normalized spacial score (nSPS) is 17.1. The van der Waals surface area contributed by atoms with Gasteiger partial charge in [-0.1, -0.05) is 42.5 Å². The van der Waals surface area contributed by atoms with Gasteiger partial charge in [0.1, 0.15) is 24.6 Å². The molecule has 29 heavy (non-hydrogen) atoms. The van der Waals surface area contributed by atoms with Gasteiger partial charge in [-0.3, -0.25) is 4.79 Å². The van der Waals surface area contributed by atoms with Crippen molar-refractivity contribution in [3.63, 3.8) is 0 Å². The van der Waals surface area contributed by atoms with E-state index in [4.69, 9.17) is 14.2 Å². The molecule has 2 aromatic rings. The van der Waals surface area contributed by atoms with Gasteiger partial charge in [0.25, 0.3) is 5.91 Å². The summed E-state index contributed by atoms with van der Waals surface area (Å²) in [4.78, 5) is 26.0. The monoisotopic (exact) mass is 397 g/mol. The lowest BCUT2D eigenvalue weighted by Crippen LogP contribution is -2.54. The number of imide groups is 1. The molecule has 1 saturated heterocycles. The number of benzene rings is 2. The Morgan fingerprint density at radius 2 is 1.76 bits per heavy atom. The Morgan fingerprint density at radius 1 is 1.07 bits per heavy atom. The lowest BCUT2D eigenvalue weighted by atomic mass is 10.0. The summed E-state index contributed by atoms with van der Waals surface area (Å²) in [6, 6.07) is 17.2. The fourth-order valence-electron chi connectivity index (χ4n) is 3.08. The zero-order chi connectivity index (χ0) is 20.9. The van der Waals surface area contributed by atoms with Crippen molar-refractivity contribution in [1.82, 2.24) is 4.90 Å². The molecule has 1 atom stereocenters. The molecular formula is C23H27NO5. The quantitative estimate of drug-likeness (QED) is 0.764. The number of amides is 2. The molecule has 6 heteroatoms. The van der Waals surface area contributed by atoms with Gasteiger partial charge in [0.2, 0.25) is 0 Å². The van der Waals surface area contributed by atoms with Gasteiger partial charge in [0, 0.05) is 0 Å². The SMILES string of the molecule is CC(C)(C)OC(=O)N1C(=O)COC[C@@H]1Cc1ccc(OCc2ccccc2)cc1. The van der Waals surface area contributed by atoms with Gasteiger partial charge in [-0.2, -0.15) is 0 Å². The highest BCUT2D eigenvalue weighted by atomic mass is 16.6. The molecule has 154 valence electrons. The number of carbonyl (C=O) groups excluding carboxylic acids is 2. The molecule has 0 aromatic heterocycles. The van der Waals surface area contributed by atoms with Crippen LogP contribution >= 0.6 is 0 Å². The fraction of sp³-hybridized carbons (Fsp3) is 0.391. The average molecular weight is 397 g/mol. The van der Waals surface area contributed by atoms with E-state index in [1.54, 1.807) is 20.8 Å². The van der Waals surface area contributed by atoms with E-state index in [2.05, 4.69) is 0 Å². The van der Waals surface area contributed by atoms with Gasteiger partial charge in [0.15, 0.2) is 0 Å². The maximum absolute atomic E-state index is 12.5. The van der Waals surface area contributed by atoms with E-state index < -0.39 is 17.7 Å². The third-order valence-electron chi connectivity index (χ3n) is 4.40. The predicted octanol–water partition coefficient (Wildman–Crippen LogP) is 3.97. The van der Waals surface area contributed by atoms with Crippen molar-refractivity contribution in [2.75, 3.05) is 13.2 Å². The number of carbonyl (C=O) groups is 2. The van der Waals surface area contributed by atoms with Crippen LogP contribution in [0, 0.1) is 0 Å². The Balaban J connectivity index is 1.62. The van der Waals surface area contributed by atoms with Crippen molar-refractivity contribution < 1.29 is 23.8 Å². The molecule has 0 radical (unpaired) electrons. The summed E-state index contributed by atoms with van der Waals surface area (Å²) in [5, 5.41) is 0. The van der Waals surface area contributed by atoms with Gasteiger partial charge >= 0.3 is 6.09 Å². The predicted molar refractivity (Wildman–Crippen MR) is 109 cm³/mol. The van der Waals surface area contributed by atoms with Crippen LogP contribution in [0.3, 0.4) is 0 Å². The summed E-state index contributed by atoms with van der Waals surface area (Å²) < 4.78 is 16.6. The highest BCUT2D eigenvalue weighted by Crippen LogP contribution is 2.20. The van der Waals surface area contributed by atoms with Crippen LogP contribution in [-0.4, -0.2) is 41.8 Å². The van der Waals surface area contributed by atoms with Crippen molar-refractivity contribution in [1.29, 1.82) is 0 Å². The Labute approximate surface area is 171 Å². The lowest BCUT2D eigenvalue weighted by molar-refractivity contribution is -0.146. The molecular weight excluding hydrogens is 370 g/mol. The Kier molecular flexibility index (Phi) is 6.54. The molecule has 0 unspecified atom stereocenters. The van der Waals surface area contributed by atoms with Gasteiger partial charge in [-0.05, 0) is 50.5 Å². The summed E-state index contributed by atoms with van der Waals surface area (Å²) >= 11 is 0. The van der Waals surface area contributed by atoms with Crippen LogP contribution in [0.5, 0.6) is 5.75 Å². The standard InChI is InChI=1S/C23H27NO5/c1-23(2,3)29-22(26)24-19(15-27-16-21(24)25)13-17-9-11-20(12-10-17)28-14-18-7-5-4-6-8-18/h4-12,19H,13-16H2,1-3H3/t19-/m0/s1. The second-order valence-corrected chi connectivity index (χ2v) is 8.04. The average Bonchev–Trinajstić information content (AvgIpc) is 2.67. The third kappa shape index (κ3) is 6.06. The zero-order valence-corrected chi connectivity index (χ0v) is 17.1. The smallest absolute Gasteiger partial charge is 0.417 e. The Bertz CT molecular complexity index is 827. The first-order valence-corrected chi connectivity index (χ1v) is 9.70. The van der Waals surface area contributed by atoms with Crippen molar-refractivity contribution in [3.05, 3.63) is 65.7 Å². The fourth-order valence-corrected chi connectivity index (χ4v) is 3.08. The van der Waals surface area contributed by atoms with Crippen LogP contribution in [0.4, 0.5) is 4.79 Å². The molecule has 1 aliphatic rings.